The van der Waals surface area contributed by atoms with Crippen LogP contribution in [0.1, 0.15) is 32.6 Å². The van der Waals surface area contributed by atoms with Gasteiger partial charge in [-0.2, -0.15) is 17.4 Å². The van der Waals surface area contributed by atoms with E-state index in [4.69, 9.17) is 5.11 Å². The standard InChI is InChI=1S/C10H20N2O5S/c1-8(13)9(10(14)15)11-18(16,17)12-6-4-2-3-5-7-12/h8-9,11,13H,2-7H2,1H3,(H,14,15). The monoisotopic (exact) mass is 280 g/mol. The minimum atomic E-state index is -3.85. The maximum Gasteiger partial charge on any atom is 0.324 e. The molecule has 2 unspecified atom stereocenters. The lowest BCUT2D eigenvalue weighted by molar-refractivity contribution is -0.141. The van der Waals surface area contributed by atoms with Crippen LogP contribution in [0.3, 0.4) is 0 Å². The van der Waals surface area contributed by atoms with Gasteiger partial charge in [-0.15, -0.1) is 0 Å². The zero-order chi connectivity index (χ0) is 13.8. The van der Waals surface area contributed by atoms with Crippen LogP contribution in [0.2, 0.25) is 0 Å². The van der Waals surface area contributed by atoms with Gasteiger partial charge in [-0.3, -0.25) is 4.79 Å². The number of hydrogen-bond donors (Lipinski definition) is 3. The summed E-state index contributed by atoms with van der Waals surface area (Å²) in [6.45, 7) is 2.02. The molecule has 0 radical (unpaired) electrons. The molecule has 1 aliphatic heterocycles. The topological polar surface area (TPSA) is 107 Å². The molecule has 1 heterocycles. The van der Waals surface area contributed by atoms with Crippen LogP contribution >= 0.6 is 0 Å². The normalized spacial score (nSPS) is 22.1. The Bertz CT molecular complexity index is 374. The number of aliphatic hydroxyl groups excluding tert-OH is 1. The molecule has 3 N–H and O–H groups in total. The fourth-order valence-corrected chi connectivity index (χ4v) is 3.38. The first-order chi connectivity index (χ1) is 8.34. The Morgan fingerprint density at radius 3 is 2.11 bits per heavy atom. The minimum absolute atomic E-state index is 0.390. The van der Waals surface area contributed by atoms with E-state index in [2.05, 4.69) is 0 Å². The summed E-state index contributed by atoms with van der Waals surface area (Å²) in [5.74, 6) is -1.39. The van der Waals surface area contributed by atoms with Gasteiger partial charge in [0, 0.05) is 13.1 Å². The maximum absolute atomic E-state index is 12.0. The summed E-state index contributed by atoms with van der Waals surface area (Å²) in [6, 6.07) is -1.52. The van der Waals surface area contributed by atoms with Gasteiger partial charge in [0.1, 0.15) is 6.04 Å². The highest BCUT2D eigenvalue weighted by molar-refractivity contribution is 7.87. The molecule has 1 rings (SSSR count). The molecule has 8 heteroatoms. The van der Waals surface area contributed by atoms with Crippen LogP contribution in [0.15, 0.2) is 0 Å². The lowest BCUT2D eigenvalue weighted by atomic mass is 10.2. The van der Waals surface area contributed by atoms with E-state index in [0.717, 1.165) is 25.7 Å². The lowest BCUT2D eigenvalue weighted by Crippen LogP contribution is -2.52. The quantitative estimate of drug-likeness (QED) is 0.631. The van der Waals surface area contributed by atoms with Crippen molar-refractivity contribution in [1.82, 2.24) is 9.03 Å². The van der Waals surface area contributed by atoms with Crippen molar-refractivity contribution >= 4 is 16.2 Å². The highest BCUT2D eigenvalue weighted by Crippen LogP contribution is 2.13. The van der Waals surface area contributed by atoms with E-state index in [-0.39, 0.29) is 0 Å². The molecule has 0 aromatic heterocycles. The number of rotatable bonds is 5. The van der Waals surface area contributed by atoms with E-state index < -0.39 is 28.3 Å². The van der Waals surface area contributed by atoms with E-state index in [1.807, 2.05) is 4.72 Å². The Kier molecular flexibility index (Phi) is 5.51. The lowest BCUT2D eigenvalue weighted by Gasteiger charge is -2.24. The third-order valence-electron chi connectivity index (χ3n) is 2.93. The predicted molar refractivity (Wildman–Crippen MR) is 65.2 cm³/mol. The summed E-state index contributed by atoms with van der Waals surface area (Å²) in [4.78, 5) is 10.9. The summed E-state index contributed by atoms with van der Waals surface area (Å²) >= 11 is 0. The Labute approximate surface area is 107 Å². The maximum atomic E-state index is 12.0. The van der Waals surface area contributed by atoms with Crippen LogP contribution in [-0.2, 0) is 15.0 Å². The van der Waals surface area contributed by atoms with Crippen LogP contribution in [-0.4, -0.2) is 54.1 Å². The summed E-state index contributed by atoms with van der Waals surface area (Å²) in [5, 5.41) is 18.1. The molecule has 7 nitrogen and oxygen atoms in total. The Hall–Kier alpha value is -0.700. The minimum Gasteiger partial charge on any atom is -0.480 e. The van der Waals surface area contributed by atoms with Gasteiger partial charge in [0.15, 0.2) is 0 Å². The second-order valence-corrected chi connectivity index (χ2v) is 6.19. The molecule has 0 bridgehead atoms. The number of nitrogens with zero attached hydrogens (tertiary/aromatic N) is 1. The van der Waals surface area contributed by atoms with Crippen molar-refractivity contribution in [2.24, 2.45) is 0 Å². The number of carbonyl (C=O) groups is 1. The molecule has 0 amide bonds. The number of nitrogens with one attached hydrogen (secondary N) is 1. The third-order valence-corrected chi connectivity index (χ3v) is 4.53. The molecular weight excluding hydrogens is 260 g/mol. The summed E-state index contributed by atoms with van der Waals surface area (Å²) in [5.41, 5.74) is 0. The molecule has 18 heavy (non-hydrogen) atoms. The number of carboxylic acid groups (broad SMARTS) is 1. The Balaban J connectivity index is 2.75. The van der Waals surface area contributed by atoms with Crippen molar-refractivity contribution in [3.8, 4) is 0 Å². The second-order valence-electron chi connectivity index (χ2n) is 4.49. The fourth-order valence-electron chi connectivity index (χ4n) is 1.87. The van der Waals surface area contributed by atoms with Gasteiger partial charge in [0.25, 0.3) is 10.2 Å². The van der Waals surface area contributed by atoms with Crippen LogP contribution in [0, 0.1) is 0 Å². The van der Waals surface area contributed by atoms with Crippen molar-refractivity contribution in [2.45, 2.75) is 44.8 Å². The van der Waals surface area contributed by atoms with Gasteiger partial charge in [-0.1, -0.05) is 12.8 Å². The zero-order valence-corrected chi connectivity index (χ0v) is 11.2. The van der Waals surface area contributed by atoms with E-state index in [1.54, 1.807) is 0 Å². The molecule has 1 saturated heterocycles. The highest BCUT2D eigenvalue weighted by atomic mass is 32.2. The van der Waals surface area contributed by atoms with E-state index in [9.17, 15) is 18.3 Å². The van der Waals surface area contributed by atoms with Crippen LogP contribution in [0.5, 0.6) is 0 Å². The molecular formula is C10H20N2O5S. The zero-order valence-electron chi connectivity index (χ0n) is 10.4. The number of aliphatic hydroxyl groups is 1. The van der Waals surface area contributed by atoms with Crippen molar-refractivity contribution in [1.29, 1.82) is 0 Å². The van der Waals surface area contributed by atoms with Crippen molar-refractivity contribution in [3.63, 3.8) is 0 Å². The van der Waals surface area contributed by atoms with Crippen molar-refractivity contribution < 1.29 is 23.4 Å². The van der Waals surface area contributed by atoms with E-state index in [0.29, 0.717) is 13.1 Å². The highest BCUT2D eigenvalue weighted by Gasteiger charge is 2.32. The van der Waals surface area contributed by atoms with Crippen molar-refractivity contribution in [2.75, 3.05) is 13.1 Å². The molecule has 2 atom stereocenters. The third kappa shape index (κ3) is 4.20. The molecule has 0 aromatic carbocycles. The molecule has 0 aromatic rings. The first kappa shape index (κ1) is 15.4. The van der Waals surface area contributed by atoms with Crippen LogP contribution in [0.4, 0.5) is 0 Å². The summed E-state index contributed by atoms with van der Waals surface area (Å²) < 4.78 is 27.3. The van der Waals surface area contributed by atoms with Gasteiger partial charge >= 0.3 is 5.97 Å². The molecule has 1 aliphatic rings. The molecule has 0 aliphatic carbocycles. The van der Waals surface area contributed by atoms with E-state index >= 15 is 0 Å². The molecule has 0 spiro atoms. The average molecular weight is 280 g/mol. The first-order valence-corrected chi connectivity index (χ1v) is 7.47. The summed E-state index contributed by atoms with van der Waals surface area (Å²) in [6.07, 6.45) is 2.21. The molecule has 1 fully saturated rings. The van der Waals surface area contributed by atoms with Gasteiger partial charge < -0.3 is 10.2 Å². The largest absolute Gasteiger partial charge is 0.480 e. The second kappa shape index (κ2) is 6.46. The van der Waals surface area contributed by atoms with Gasteiger partial charge in [-0.05, 0) is 19.8 Å². The van der Waals surface area contributed by atoms with Crippen LogP contribution in [0.25, 0.3) is 0 Å². The fraction of sp³-hybridized carbons (Fsp3) is 0.900. The van der Waals surface area contributed by atoms with Crippen LogP contribution < -0.4 is 4.72 Å². The Morgan fingerprint density at radius 1 is 1.22 bits per heavy atom. The predicted octanol–water partition coefficient (Wildman–Crippen LogP) is -0.469. The summed E-state index contributed by atoms with van der Waals surface area (Å²) in [7, 11) is -3.85. The number of carboxylic acids is 1. The van der Waals surface area contributed by atoms with E-state index in [1.165, 1.54) is 11.2 Å². The van der Waals surface area contributed by atoms with Gasteiger partial charge in [-0.25, -0.2) is 0 Å². The molecule has 0 saturated carbocycles. The smallest absolute Gasteiger partial charge is 0.324 e. The van der Waals surface area contributed by atoms with Gasteiger partial charge in [0.05, 0.1) is 6.10 Å². The average Bonchev–Trinajstić information content (AvgIpc) is 2.54. The SMILES string of the molecule is CC(O)C(NS(=O)(=O)N1CCCCCC1)C(=O)O. The first-order valence-electron chi connectivity index (χ1n) is 6.03. The van der Waals surface area contributed by atoms with Crippen molar-refractivity contribution in [3.05, 3.63) is 0 Å². The number of hydrogen-bond acceptors (Lipinski definition) is 4. The number of aliphatic carboxylic acids is 1. The Morgan fingerprint density at radius 2 is 1.72 bits per heavy atom. The molecule has 106 valence electrons. The van der Waals surface area contributed by atoms with Gasteiger partial charge in [0.2, 0.25) is 0 Å².